The van der Waals surface area contributed by atoms with Crippen LogP contribution in [0.15, 0.2) is 18.2 Å². The van der Waals surface area contributed by atoms with E-state index in [2.05, 4.69) is 18.3 Å². The number of hydrogen-bond acceptors (Lipinski definition) is 2. The highest BCUT2D eigenvalue weighted by atomic mass is 16.5. The molecule has 1 aromatic carbocycles. The van der Waals surface area contributed by atoms with Gasteiger partial charge in [0.1, 0.15) is 5.75 Å². The van der Waals surface area contributed by atoms with Gasteiger partial charge in [0, 0.05) is 6.54 Å². The molecule has 0 saturated heterocycles. The lowest BCUT2D eigenvalue weighted by Crippen LogP contribution is -2.39. The minimum absolute atomic E-state index is 0.0125. The fourth-order valence-corrected chi connectivity index (χ4v) is 2.88. The van der Waals surface area contributed by atoms with Crippen LogP contribution in [0.5, 0.6) is 5.75 Å². The predicted octanol–water partition coefficient (Wildman–Crippen LogP) is 3.77. The third-order valence-electron chi connectivity index (χ3n) is 4.52. The first kappa shape index (κ1) is 15.9. The monoisotopic (exact) mass is 289 g/mol. The number of amides is 1. The summed E-state index contributed by atoms with van der Waals surface area (Å²) >= 11 is 0. The van der Waals surface area contributed by atoms with Gasteiger partial charge in [0.15, 0.2) is 6.10 Å². The molecule has 21 heavy (non-hydrogen) atoms. The van der Waals surface area contributed by atoms with Gasteiger partial charge in [-0.3, -0.25) is 4.79 Å². The average molecular weight is 289 g/mol. The largest absolute Gasteiger partial charge is 0.481 e. The lowest BCUT2D eigenvalue weighted by molar-refractivity contribution is -0.127. The summed E-state index contributed by atoms with van der Waals surface area (Å²) in [5.41, 5.74) is 2.28. The van der Waals surface area contributed by atoms with E-state index in [0.717, 1.165) is 17.9 Å². The van der Waals surface area contributed by atoms with Crippen molar-refractivity contribution in [3.63, 3.8) is 0 Å². The van der Waals surface area contributed by atoms with Gasteiger partial charge < -0.3 is 10.1 Å². The fraction of sp³-hybridized carbons (Fsp3) is 0.611. The average Bonchev–Trinajstić information content (AvgIpc) is 2.50. The van der Waals surface area contributed by atoms with Crippen molar-refractivity contribution in [1.82, 2.24) is 5.32 Å². The number of aryl methyl sites for hydroxylation is 1. The SMILES string of the molecule is Cc1cccc(O[C@@H](C)C(=O)NCC2CCCCC2)c1C. The van der Waals surface area contributed by atoms with E-state index in [1.54, 1.807) is 0 Å². The van der Waals surface area contributed by atoms with Crippen LogP contribution in [0.25, 0.3) is 0 Å². The van der Waals surface area contributed by atoms with Crippen LogP contribution in [0.1, 0.15) is 50.2 Å². The van der Waals surface area contributed by atoms with Crippen molar-refractivity contribution in [2.24, 2.45) is 5.92 Å². The second kappa shape index (κ2) is 7.48. The van der Waals surface area contributed by atoms with E-state index in [1.165, 1.54) is 37.7 Å². The second-order valence-corrected chi connectivity index (χ2v) is 6.21. The van der Waals surface area contributed by atoms with Crippen LogP contribution in [-0.4, -0.2) is 18.6 Å². The van der Waals surface area contributed by atoms with E-state index in [0.29, 0.717) is 5.92 Å². The highest BCUT2D eigenvalue weighted by Crippen LogP contribution is 2.23. The van der Waals surface area contributed by atoms with Gasteiger partial charge in [-0.05, 0) is 56.7 Å². The van der Waals surface area contributed by atoms with Crippen molar-refractivity contribution >= 4 is 5.91 Å². The molecule has 0 heterocycles. The van der Waals surface area contributed by atoms with Gasteiger partial charge in [0.2, 0.25) is 0 Å². The Morgan fingerprint density at radius 2 is 2.00 bits per heavy atom. The van der Waals surface area contributed by atoms with Gasteiger partial charge in [0.25, 0.3) is 5.91 Å². The summed E-state index contributed by atoms with van der Waals surface area (Å²) in [6, 6.07) is 5.94. The Hall–Kier alpha value is -1.51. The van der Waals surface area contributed by atoms with Gasteiger partial charge in [-0.2, -0.15) is 0 Å². The maximum Gasteiger partial charge on any atom is 0.260 e. The fourth-order valence-electron chi connectivity index (χ4n) is 2.88. The zero-order valence-corrected chi connectivity index (χ0v) is 13.4. The number of ether oxygens (including phenoxy) is 1. The molecule has 0 radical (unpaired) electrons. The Morgan fingerprint density at radius 3 is 2.71 bits per heavy atom. The van der Waals surface area contributed by atoms with E-state index in [-0.39, 0.29) is 5.91 Å². The molecule has 116 valence electrons. The highest BCUT2D eigenvalue weighted by Gasteiger charge is 2.19. The summed E-state index contributed by atoms with van der Waals surface area (Å²) in [7, 11) is 0. The van der Waals surface area contributed by atoms with Crippen molar-refractivity contribution in [2.75, 3.05) is 6.54 Å². The van der Waals surface area contributed by atoms with Crippen LogP contribution in [0, 0.1) is 19.8 Å². The molecular weight excluding hydrogens is 262 g/mol. The summed E-state index contributed by atoms with van der Waals surface area (Å²) in [6.07, 6.45) is 5.98. The molecule has 1 aliphatic rings. The first-order valence-electron chi connectivity index (χ1n) is 8.08. The van der Waals surface area contributed by atoms with Crippen molar-refractivity contribution in [3.8, 4) is 5.75 Å². The number of carbonyl (C=O) groups excluding carboxylic acids is 1. The number of rotatable bonds is 5. The van der Waals surface area contributed by atoms with E-state index < -0.39 is 6.10 Å². The minimum atomic E-state index is -0.450. The van der Waals surface area contributed by atoms with Gasteiger partial charge in [-0.25, -0.2) is 0 Å². The van der Waals surface area contributed by atoms with E-state index >= 15 is 0 Å². The van der Waals surface area contributed by atoms with Crippen LogP contribution >= 0.6 is 0 Å². The number of carbonyl (C=O) groups is 1. The Morgan fingerprint density at radius 1 is 1.29 bits per heavy atom. The molecule has 0 unspecified atom stereocenters. The van der Waals surface area contributed by atoms with Crippen molar-refractivity contribution in [3.05, 3.63) is 29.3 Å². The Balaban J connectivity index is 1.83. The maximum absolute atomic E-state index is 12.2. The van der Waals surface area contributed by atoms with Crippen LogP contribution < -0.4 is 10.1 Å². The number of hydrogen-bond donors (Lipinski definition) is 1. The lowest BCUT2D eigenvalue weighted by atomic mass is 9.89. The molecule has 1 atom stereocenters. The number of nitrogens with one attached hydrogen (secondary N) is 1. The Labute approximate surface area is 128 Å². The molecular formula is C18H27NO2. The summed E-state index contributed by atoms with van der Waals surface area (Å²) < 4.78 is 5.82. The van der Waals surface area contributed by atoms with Crippen LogP contribution in [0.2, 0.25) is 0 Å². The molecule has 1 fully saturated rings. The topological polar surface area (TPSA) is 38.3 Å². The smallest absolute Gasteiger partial charge is 0.260 e. The molecule has 1 amide bonds. The summed E-state index contributed by atoms with van der Waals surface area (Å²) in [5, 5.41) is 3.04. The molecule has 3 heteroatoms. The molecule has 0 aromatic heterocycles. The quantitative estimate of drug-likeness (QED) is 0.896. The van der Waals surface area contributed by atoms with E-state index in [1.807, 2.05) is 26.0 Å². The molecule has 1 N–H and O–H groups in total. The molecule has 2 rings (SSSR count). The molecule has 0 aliphatic heterocycles. The second-order valence-electron chi connectivity index (χ2n) is 6.21. The van der Waals surface area contributed by atoms with Crippen LogP contribution in [-0.2, 0) is 4.79 Å². The van der Waals surface area contributed by atoms with Gasteiger partial charge >= 0.3 is 0 Å². The van der Waals surface area contributed by atoms with Crippen molar-refractivity contribution < 1.29 is 9.53 Å². The van der Waals surface area contributed by atoms with Gasteiger partial charge in [-0.15, -0.1) is 0 Å². The minimum Gasteiger partial charge on any atom is -0.481 e. The molecule has 0 spiro atoms. The van der Waals surface area contributed by atoms with E-state index in [4.69, 9.17) is 4.74 Å². The Bertz CT molecular complexity index is 478. The van der Waals surface area contributed by atoms with Crippen molar-refractivity contribution in [2.45, 2.75) is 59.0 Å². The summed E-state index contributed by atoms with van der Waals surface area (Å²) in [6.45, 7) is 6.69. The maximum atomic E-state index is 12.2. The lowest BCUT2D eigenvalue weighted by Gasteiger charge is -2.23. The molecule has 1 aliphatic carbocycles. The predicted molar refractivity (Wildman–Crippen MR) is 85.6 cm³/mol. The third kappa shape index (κ3) is 4.48. The molecule has 0 bridgehead atoms. The van der Waals surface area contributed by atoms with Crippen molar-refractivity contribution in [1.29, 1.82) is 0 Å². The first-order chi connectivity index (χ1) is 10.1. The summed E-state index contributed by atoms with van der Waals surface area (Å²) in [4.78, 5) is 12.2. The third-order valence-corrected chi connectivity index (χ3v) is 4.52. The van der Waals surface area contributed by atoms with Gasteiger partial charge in [0.05, 0.1) is 0 Å². The van der Waals surface area contributed by atoms with Gasteiger partial charge in [-0.1, -0.05) is 31.4 Å². The number of benzene rings is 1. The standard InChI is InChI=1S/C18H27NO2/c1-13-8-7-11-17(14(13)2)21-15(3)18(20)19-12-16-9-5-4-6-10-16/h7-8,11,15-16H,4-6,9-10,12H2,1-3H3,(H,19,20)/t15-/m0/s1. The first-order valence-corrected chi connectivity index (χ1v) is 8.08. The zero-order valence-electron chi connectivity index (χ0n) is 13.4. The highest BCUT2D eigenvalue weighted by molar-refractivity contribution is 5.80. The van der Waals surface area contributed by atoms with Crippen LogP contribution in [0.3, 0.4) is 0 Å². The normalized spacial score (nSPS) is 17.3. The molecule has 1 saturated carbocycles. The Kier molecular flexibility index (Phi) is 5.66. The van der Waals surface area contributed by atoms with E-state index in [9.17, 15) is 4.79 Å². The van der Waals surface area contributed by atoms with Crippen LogP contribution in [0.4, 0.5) is 0 Å². The zero-order chi connectivity index (χ0) is 15.2. The summed E-state index contributed by atoms with van der Waals surface area (Å²) in [5.74, 6) is 1.44. The molecule has 3 nitrogen and oxygen atoms in total. The molecule has 1 aromatic rings.